The topological polar surface area (TPSA) is 41.9 Å². The predicted molar refractivity (Wildman–Crippen MR) is 107 cm³/mol. The number of benzene rings is 1. The van der Waals surface area contributed by atoms with Crippen LogP contribution in [0, 0.1) is 0 Å². The van der Waals surface area contributed by atoms with Crippen LogP contribution in [-0.4, -0.2) is 28.3 Å². The first kappa shape index (κ1) is 17.0. The lowest BCUT2D eigenvalue weighted by atomic mass is 10.1. The monoisotopic (exact) mass is 362 g/mol. The van der Waals surface area contributed by atoms with Gasteiger partial charge in [-0.25, -0.2) is 0 Å². The maximum absolute atomic E-state index is 4.40. The van der Waals surface area contributed by atoms with E-state index >= 15 is 0 Å². The van der Waals surface area contributed by atoms with Crippen LogP contribution in [0.2, 0.25) is 0 Å². The molecule has 3 aromatic rings. The average molecular weight is 363 g/mol. The van der Waals surface area contributed by atoms with Gasteiger partial charge in [0.15, 0.2) is 0 Å². The molecule has 4 nitrogen and oxygen atoms in total. The second kappa shape index (κ2) is 8.32. The maximum Gasteiger partial charge on any atom is 0.119 e. The van der Waals surface area contributed by atoms with Crippen LogP contribution in [0.3, 0.4) is 0 Å². The molecule has 4 rings (SSSR count). The SMILES string of the molecule is c1ccc(CSc2ccc(-c3ccc(N4CCCCC4)cc3)nn2)nc1. The minimum absolute atomic E-state index is 0.805. The fraction of sp³-hybridized carbons (Fsp3) is 0.286. The fourth-order valence-electron chi connectivity index (χ4n) is 3.18. The molecule has 1 aliphatic heterocycles. The van der Waals surface area contributed by atoms with E-state index in [1.54, 1.807) is 11.8 Å². The molecule has 0 amide bonds. The van der Waals surface area contributed by atoms with Gasteiger partial charge in [-0.05, 0) is 55.7 Å². The Bertz CT molecular complexity index is 813. The molecular weight excluding hydrogens is 340 g/mol. The lowest BCUT2D eigenvalue weighted by Crippen LogP contribution is -2.29. The van der Waals surface area contributed by atoms with Gasteiger partial charge in [-0.2, -0.15) is 0 Å². The molecule has 0 N–H and O–H groups in total. The molecule has 0 spiro atoms. The van der Waals surface area contributed by atoms with Crippen LogP contribution in [0.1, 0.15) is 25.0 Å². The lowest BCUT2D eigenvalue weighted by molar-refractivity contribution is 0.578. The maximum atomic E-state index is 4.40. The van der Waals surface area contributed by atoms with Crippen LogP contribution in [-0.2, 0) is 5.75 Å². The molecule has 132 valence electrons. The molecule has 2 aromatic heterocycles. The molecule has 1 aromatic carbocycles. The molecule has 0 saturated carbocycles. The van der Waals surface area contributed by atoms with Gasteiger partial charge in [0.05, 0.1) is 11.4 Å². The van der Waals surface area contributed by atoms with Gasteiger partial charge in [-0.3, -0.25) is 4.98 Å². The molecule has 5 heteroatoms. The van der Waals surface area contributed by atoms with E-state index in [0.29, 0.717) is 0 Å². The minimum atomic E-state index is 0.805. The Morgan fingerprint density at radius 1 is 0.846 bits per heavy atom. The van der Waals surface area contributed by atoms with E-state index in [4.69, 9.17) is 0 Å². The van der Waals surface area contributed by atoms with Crippen molar-refractivity contribution in [2.24, 2.45) is 0 Å². The van der Waals surface area contributed by atoms with Crippen LogP contribution in [0.15, 0.2) is 65.8 Å². The number of rotatable bonds is 5. The second-order valence-electron chi connectivity index (χ2n) is 6.46. The first-order chi connectivity index (χ1) is 12.9. The van der Waals surface area contributed by atoms with Crippen molar-refractivity contribution in [1.82, 2.24) is 15.2 Å². The summed E-state index contributed by atoms with van der Waals surface area (Å²) in [5, 5.41) is 9.68. The first-order valence-electron chi connectivity index (χ1n) is 9.10. The summed E-state index contributed by atoms with van der Waals surface area (Å²) in [6.45, 7) is 2.34. The van der Waals surface area contributed by atoms with Crippen molar-refractivity contribution in [1.29, 1.82) is 0 Å². The molecule has 0 radical (unpaired) electrons. The summed E-state index contributed by atoms with van der Waals surface area (Å²) < 4.78 is 0. The van der Waals surface area contributed by atoms with Gasteiger partial charge >= 0.3 is 0 Å². The summed E-state index contributed by atoms with van der Waals surface area (Å²) in [6.07, 6.45) is 5.77. The van der Waals surface area contributed by atoms with E-state index in [9.17, 15) is 0 Å². The van der Waals surface area contributed by atoms with Crippen molar-refractivity contribution >= 4 is 17.4 Å². The molecule has 1 fully saturated rings. The number of pyridine rings is 1. The third-order valence-corrected chi connectivity index (χ3v) is 5.57. The Labute approximate surface area is 158 Å². The van der Waals surface area contributed by atoms with E-state index in [1.807, 2.05) is 36.5 Å². The van der Waals surface area contributed by atoms with Crippen LogP contribution in [0.25, 0.3) is 11.3 Å². The number of anilines is 1. The highest BCUT2D eigenvalue weighted by atomic mass is 32.2. The number of hydrogen-bond acceptors (Lipinski definition) is 5. The fourth-order valence-corrected chi connectivity index (χ4v) is 3.91. The van der Waals surface area contributed by atoms with Crippen molar-refractivity contribution < 1.29 is 0 Å². The van der Waals surface area contributed by atoms with Crippen LogP contribution in [0.5, 0.6) is 0 Å². The van der Waals surface area contributed by atoms with Gasteiger partial charge in [0.1, 0.15) is 5.03 Å². The van der Waals surface area contributed by atoms with Gasteiger partial charge in [-0.15, -0.1) is 10.2 Å². The number of hydrogen-bond donors (Lipinski definition) is 0. The van der Waals surface area contributed by atoms with Gasteiger partial charge in [0, 0.05) is 36.3 Å². The zero-order valence-electron chi connectivity index (χ0n) is 14.7. The molecule has 0 aliphatic carbocycles. The Kier molecular flexibility index (Phi) is 5.45. The van der Waals surface area contributed by atoms with Gasteiger partial charge in [0.25, 0.3) is 0 Å². The zero-order chi connectivity index (χ0) is 17.6. The Morgan fingerprint density at radius 3 is 2.38 bits per heavy atom. The van der Waals surface area contributed by atoms with Gasteiger partial charge in [0.2, 0.25) is 0 Å². The predicted octanol–water partition coefficient (Wildman–Crippen LogP) is 4.82. The number of piperidine rings is 1. The van der Waals surface area contributed by atoms with Crippen LogP contribution in [0.4, 0.5) is 5.69 Å². The van der Waals surface area contributed by atoms with Crippen molar-refractivity contribution in [3.05, 3.63) is 66.5 Å². The van der Waals surface area contributed by atoms with Crippen molar-refractivity contribution in [3.8, 4) is 11.3 Å². The summed E-state index contributed by atoms with van der Waals surface area (Å²) in [6, 6.07) is 18.7. The summed E-state index contributed by atoms with van der Waals surface area (Å²) in [7, 11) is 0. The Balaban J connectivity index is 1.40. The van der Waals surface area contributed by atoms with Gasteiger partial charge in [-0.1, -0.05) is 30.0 Å². The smallest absolute Gasteiger partial charge is 0.119 e. The van der Waals surface area contributed by atoms with E-state index < -0.39 is 0 Å². The lowest BCUT2D eigenvalue weighted by Gasteiger charge is -2.28. The van der Waals surface area contributed by atoms with Crippen molar-refractivity contribution in [2.75, 3.05) is 18.0 Å². The normalized spacial score (nSPS) is 14.4. The van der Waals surface area contributed by atoms with Crippen LogP contribution < -0.4 is 4.90 Å². The molecule has 0 bridgehead atoms. The molecule has 1 aliphatic rings. The minimum Gasteiger partial charge on any atom is -0.372 e. The first-order valence-corrected chi connectivity index (χ1v) is 10.1. The van der Waals surface area contributed by atoms with Crippen LogP contribution >= 0.6 is 11.8 Å². The summed E-state index contributed by atoms with van der Waals surface area (Å²) >= 11 is 1.66. The van der Waals surface area contributed by atoms with Crippen molar-refractivity contribution in [2.45, 2.75) is 30.0 Å². The summed E-state index contributed by atoms with van der Waals surface area (Å²) in [5.74, 6) is 0.805. The highest BCUT2D eigenvalue weighted by Crippen LogP contribution is 2.25. The molecule has 0 atom stereocenters. The molecular formula is C21H22N4S. The Hall–Kier alpha value is -2.40. The number of aromatic nitrogens is 3. The molecule has 0 unspecified atom stereocenters. The average Bonchev–Trinajstić information content (AvgIpc) is 2.74. The molecule has 1 saturated heterocycles. The van der Waals surface area contributed by atoms with Crippen molar-refractivity contribution in [3.63, 3.8) is 0 Å². The number of nitrogens with zero attached hydrogens (tertiary/aromatic N) is 4. The van der Waals surface area contributed by atoms with E-state index in [0.717, 1.165) is 27.7 Å². The molecule has 3 heterocycles. The largest absolute Gasteiger partial charge is 0.372 e. The quantitative estimate of drug-likeness (QED) is 0.609. The Morgan fingerprint density at radius 2 is 1.69 bits per heavy atom. The number of thioether (sulfide) groups is 1. The standard InChI is InChI=1S/C21H22N4S/c1-4-14-25(15-5-1)19-9-7-17(8-10-19)20-11-12-21(24-23-20)26-16-18-6-2-3-13-22-18/h2-3,6-13H,1,4-5,14-16H2. The van der Waals surface area contributed by atoms with E-state index in [2.05, 4.69) is 44.3 Å². The second-order valence-corrected chi connectivity index (χ2v) is 7.46. The van der Waals surface area contributed by atoms with Gasteiger partial charge < -0.3 is 4.90 Å². The van der Waals surface area contributed by atoms with E-state index in [1.165, 1.54) is 38.0 Å². The summed E-state index contributed by atoms with van der Waals surface area (Å²) in [5.41, 5.74) is 4.39. The highest BCUT2D eigenvalue weighted by Gasteiger charge is 2.11. The highest BCUT2D eigenvalue weighted by molar-refractivity contribution is 7.98. The third kappa shape index (κ3) is 4.22. The van der Waals surface area contributed by atoms with E-state index in [-0.39, 0.29) is 0 Å². The summed E-state index contributed by atoms with van der Waals surface area (Å²) in [4.78, 5) is 6.80. The third-order valence-electron chi connectivity index (χ3n) is 4.62. The zero-order valence-corrected chi connectivity index (χ0v) is 15.5. The molecule has 26 heavy (non-hydrogen) atoms.